The number of thioether (sulfide) groups is 1. The number of hydrogen-bond donors (Lipinski definition) is 1. The van der Waals surface area contributed by atoms with Crippen molar-refractivity contribution >= 4 is 39.2 Å². The van der Waals surface area contributed by atoms with Crippen LogP contribution in [0.1, 0.15) is 56.9 Å². The minimum Gasteiger partial charge on any atom is -0.337 e. The van der Waals surface area contributed by atoms with Crippen LogP contribution in [0, 0.1) is 5.92 Å². The monoisotopic (exact) mass is 405 g/mol. The molecule has 1 N–H and O–H groups in total. The molecule has 2 aliphatic rings. The fourth-order valence-corrected chi connectivity index (χ4v) is 6.69. The first kappa shape index (κ1) is 19.0. The van der Waals surface area contributed by atoms with E-state index in [4.69, 9.17) is 0 Å². The summed E-state index contributed by atoms with van der Waals surface area (Å²) in [6, 6.07) is 0.588. The summed E-state index contributed by atoms with van der Waals surface area (Å²) in [5, 5.41) is 1.33. The van der Waals surface area contributed by atoms with Gasteiger partial charge in [-0.05, 0) is 63.9 Å². The molecular weight excluding hydrogens is 378 g/mol. The van der Waals surface area contributed by atoms with E-state index in [-0.39, 0.29) is 11.5 Å². The van der Waals surface area contributed by atoms with Crippen molar-refractivity contribution in [2.75, 3.05) is 5.75 Å². The first-order valence-electron chi connectivity index (χ1n) is 9.92. The number of carbonyl (C=O) groups is 1. The minimum atomic E-state index is -0.0540. The van der Waals surface area contributed by atoms with E-state index in [0.29, 0.717) is 28.9 Å². The van der Waals surface area contributed by atoms with Gasteiger partial charge in [-0.2, -0.15) is 0 Å². The number of rotatable bonds is 3. The summed E-state index contributed by atoms with van der Waals surface area (Å²) in [5.74, 6) is 1.14. The van der Waals surface area contributed by atoms with Crippen LogP contribution in [0.3, 0.4) is 0 Å². The van der Waals surface area contributed by atoms with Gasteiger partial charge in [0.1, 0.15) is 4.83 Å². The van der Waals surface area contributed by atoms with Crippen LogP contribution in [0.4, 0.5) is 0 Å². The molecule has 7 heteroatoms. The van der Waals surface area contributed by atoms with Crippen molar-refractivity contribution < 1.29 is 4.79 Å². The maximum Gasteiger partial charge on any atom is 0.260 e. The van der Waals surface area contributed by atoms with Crippen molar-refractivity contribution in [3.63, 3.8) is 0 Å². The lowest BCUT2D eigenvalue weighted by molar-refractivity contribution is -0.134. The van der Waals surface area contributed by atoms with Crippen LogP contribution in [0.5, 0.6) is 0 Å². The number of aromatic amines is 1. The molecule has 2 aromatic rings. The number of aromatic nitrogens is 2. The van der Waals surface area contributed by atoms with E-state index >= 15 is 0 Å². The number of hydrogen-bond acceptors (Lipinski definition) is 5. The average Bonchev–Trinajstić information content (AvgIpc) is 2.97. The van der Waals surface area contributed by atoms with E-state index in [1.165, 1.54) is 28.6 Å². The van der Waals surface area contributed by atoms with E-state index in [9.17, 15) is 9.59 Å². The molecule has 3 heterocycles. The molecule has 0 unspecified atom stereocenters. The van der Waals surface area contributed by atoms with Gasteiger partial charge in [-0.15, -0.1) is 11.3 Å². The Morgan fingerprint density at radius 2 is 2.00 bits per heavy atom. The third-order valence-electron chi connectivity index (χ3n) is 5.96. The highest BCUT2D eigenvalue weighted by atomic mass is 32.2. The fraction of sp³-hybridized carbons (Fsp3) is 0.650. The number of likely N-dealkylation sites (tertiary alicyclic amines) is 1. The molecule has 1 aliphatic carbocycles. The summed E-state index contributed by atoms with van der Waals surface area (Å²) in [4.78, 5) is 37.1. The summed E-state index contributed by atoms with van der Waals surface area (Å²) in [6.07, 6.45) is 6.47. The van der Waals surface area contributed by atoms with Gasteiger partial charge in [-0.3, -0.25) is 9.59 Å². The molecule has 1 aliphatic heterocycles. The molecule has 0 radical (unpaired) electrons. The topological polar surface area (TPSA) is 66.1 Å². The number of nitrogens with zero attached hydrogens (tertiary/aromatic N) is 2. The molecule has 146 valence electrons. The molecule has 0 saturated carbocycles. The highest BCUT2D eigenvalue weighted by Crippen LogP contribution is 2.36. The maximum absolute atomic E-state index is 12.7. The lowest BCUT2D eigenvalue weighted by Crippen LogP contribution is -2.48. The number of aryl methyl sites for hydroxylation is 1. The summed E-state index contributed by atoms with van der Waals surface area (Å²) >= 11 is 3.01. The Morgan fingerprint density at radius 3 is 2.74 bits per heavy atom. The molecule has 5 nitrogen and oxygen atoms in total. The first-order chi connectivity index (χ1) is 12.9. The molecule has 0 spiro atoms. The minimum absolute atomic E-state index is 0.0540. The zero-order chi connectivity index (χ0) is 19.1. The largest absolute Gasteiger partial charge is 0.337 e. The molecule has 3 atom stereocenters. The van der Waals surface area contributed by atoms with Gasteiger partial charge in [0.05, 0.1) is 11.1 Å². The molecule has 1 saturated heterocycles. The Bertz CT molecular complexity index is 910. The molecule has 4 rings (SSSR count). The molecule has 0 aromatic carbocycles. The van der Waals surface area contributed by atoms with Gasteiger partial charge in [-0.1, -0.05) is 18.7 Å². The van der Waals surface area contributed by atoms with Crippen LogP contribution in [0.25, 0.3) is 10.2 Å². The lowest BCUT2D eigenvalue weighted by atomic mass is 9.89. The standard InChI is InChI=1S/C20H27N3O2S2/c1-11-7-8-14-15(9-11)27-19-17(14)18(25)21-20(22-19)26-10-16(24)23-12(2)5-4-6-13(23)3/h11-13H,4-10H2,1-3H3,(H,21,22,25)/t11-,12-,13+/m0/s1. The Hall–Kier alpha value is -1.34. The molecule has 1 fully saturated rings. The highest BCUT2D eigenvalue weighted by molar-refractivity contribution is 7.99. The Morgan fingerprint density at radius 1 is 1.26 bits per heavy atom. The predicted molar refractivity (Wildman–Crippen MR) is 112 cm³/mol. The number of thiophene rings is 1. The smallest absolute Gasteiger partial charge is 0.260 e. The number of fused-ring (bicyclic) bond motifs is 3. The number of H-pyrrole nitrogens is 1. The third-order valence-corrected chi connectivity index (χ3v) is 7.96. The summed E-state index contributed by atoms with van der Waals surface area (Å²) < 4.78 is 0. The molecule has 1 amide bonds. The summed E-state index contributed by atoms with van der Waals surface area (Å²) in [6.45, 7) is 6.52. The van der Waals surface area contributed by atoms with Gasteiger partial charge in [0, 0.05) is 17.0 Å². The molecular formula is C20H27N3O2S2. The average molecular weight is 406 g/mol. The van der Waals surface area contributed by atoms with Crippen molar-refractivity contribution in [1.82, 2.24) is 14.9 Å². The molecule has 2 aromatic heterocycles. The summed E-state index contributed by atoms with van der Waals surface area (Å²) in [5.41, 5.74) is 1.15. The lowest BCUT2D eigenvalue weighted by Gasteiger charge is -2.39. The zero-order valence-electron chi connectivity index (χ0n) is 16.2. The van der Waals surface area contributed by atoms with Crippen LogP contribution in [0.2, 0.25) is 0 Å². The van der Waals surface area contributed by atoms with Crippen molar-refractivity contribution in [3.05, 3.63) is 20.8 Å². The fourth-order valence-electron chi connectivity index (χ4n) is 4.51. The molecule has 0 bridgehead atoms. The van der Waals surface area contributed by atoms with E-state index in [1.807, 2.05) is 4.90 Å². The number of amides is 1. The second-order valence-electron chi connectivity index (χ2n) is 8.12. The quantitative estimate of drug-likeness (QED) is 0.619. The van der Waals surface area contributed by atoms with Gasteiger partial charge in [0.25, 0.3) is 5.56 Å². The van der Waals surface area contributed by atoms with E-state index in [1.54, 1.807) is 11.3 Å². The normalized spacial score (nSPS) is 25.6. The van der Waals surface area contributed by atoms with Crippen LogP contribution < -0.4 is 5.56 Å². The van der Waals surface area contributed by atoms with Crippen LogP contribution in [0.15, 0.2) is 9.95 Å². The van der Waals surface area contributed by atoms with Crippen molar-refractivity contribution in [2.45, 2.75) is 76.5 Å². The van der Waals surface area contributed by atoms with E-state index < -0.39 is 0 Å². The number of nitrogens with one attached hydrogen (secondary N) is 1. The Balaban J connectivity index is 1.53. The van der Waals surface area contributed by atoms with Gasteiger partial charge in [0.15, 0.2) is 5.16 Å². The Labute approximate surface area is 167 Å². The van der Waals surface area contributed by atoms with Crippen molar-refractivity contribution in [2.24, 2.45) is 5.92 Å². The number of carbonyl (C=O) groups excluding carboxylic acids is 1. The maximum atomic E-state index is 12.7. The van der Waals surface area contributed by atoms with Gasteiger partial charge < -0.3 is 9.88 Å². The van der Waals surface area contributed by atoms with Gasteiger partial charge >= 0.3 is 0 Å². The van der Waals surface area contributed by atoms with Gasteiger partial charge in [0.2, 0.25) is 5.91 Å². The second kappa shape index (κ2) is 7.59. The Kier molecular flexibility index (Phi) is 5.34. The van der Waals surface area contributed by atoms with Gasteiger partial charge in [-0.25, -0.2) is 4.98 Å². The molecule has 27 heavy (non-hydrogen) atoms. The van der Waals surface area contributed by atoms with E-state index in [2.05, 4.69) is 30.7 Å². The predicted octanol–water partition coefficient (Wildman–Crippen LogP) is 3.99. The SMILES string of the molecule is C[C@H]1CCc2c(sc3nc(SCC(=O)N4[C@H](C)CCC[C@@H]4C)[nH]c(=O)c23)C1. The highest BCUT2D eigenvalue weighted by Gasteiger charge is 2.29. The van der Waals surface area contributed by atoms with E-state index in [0.717, 1.165) is 42.3 Å². The van der Waals surface area contributed by atoms with Crippen LogP contribution in [-0.2, 0) is 17.6 Å². The van der Waals surface area contributed by atoms with Crippen molar-refractivity contribution in [3.8, 4) is 0 Å². The van der Waals surface area contributed by atoms with Crippen molar-refractivity contribution in [1.29, 1.82) is 0 Å². The number of piperidine rings is 1. The second-order valence-corrected chi connectivity index (χ2v) is 10.2. The summed E-state index contributed by atoms with van der Waals surface area (Å²) in [7, 11) is 0. The third kappa shape index (κ3) is 3.68. The zero-order valence-corrected chi connectivity index (χ0v) is 17.8. The van der Waals surface area contributed by atoms with Crippen LogP contribution >= 0.6 is 23.1 Å². The van der Waals surface area contributed by atoms with Crippen LogP contribution in [-0.4, -0.2) is 38.6 Å². The first-order valence-corrected chi connectivity index (χ1v) is 11.7.